The molecular formula is C12H20N2O5S. The van der Waals surface area contributed by atoms with Crippen molar-refractivity contribution >= 4 is 21.8 Å². The van der Waals surface area contributed by atoms with Crippen molar-refractivity contribution < 1.29 is 23.1 Å². The van der Waals surface area contributed by atoms with Crippen LogP contribution in [0.1, 0.15) is 26.2 Å². The van der Waals surface area contributed by atoms with E-state index in [0.717, 1.165) is 5.41 Å². The maximum Gasteiger partial charge on any atom is 0.315 e. The average molecular weight is 304 g/mol. The van der Waals surface area contributed by atoms with Crippen LogP contribution in [0.2, 0.25) is 0 Å². The lowest BCUT2D eigenvalue weighted by atomic mass is 10.0. The highest BCUT2D eigenvalue weighted by molar-refractivity contribution is 7.94. The summed E-state index contributed by atoms with van der Waals surface area (Å²) in [5, 5.41) is 14.8. The van der Waals surface area contributed by atoms with E-state index in [2.05, 4.69) is 10.6 Å². The summed E-state index contributed by atoms with van der Waals surface area (Å²) >= 11 is 0. The molecule has 2 unspecified atom stereocenters. The van der Waals surface area contributed by atoms with Crippen LogP contribution in [0.3, 0.4) is 0 Å². The fourth-order valence-corrected chi connectivity index (χ4v) is 3.07. The quantitative estimate of drug-likeness (QED) is 0.633. The molecule has 2 atom stereocenters. The van der Waals surface area contributed by atoms with Gasteiger partial charge in [0.15, 0.2) is 9.84 Å². The van der Waals surface area contributed by atoms with Gasteiger partial charge in [-0.05, 0) is 24.8 Å². The molecule has 1 heterocycles. The van der Waals surface area contributed by atoms with E-state index in [4.69, 9.17) is 5.11 Å². The van der Waals surface area contributed by atoms with Crippen molar-refractivity contribution in [1.82, 2.24) is 10.6 Å². The molecule has 0 fully saturated rings. The first-order chi connectivity index (χ1) is 9.28. The molecule has 0 bridgehead atoms. The van der Waals surface area contributed by atoms with Crippen molar-refractivity contribution in [3.63, 3.8) is 0 Å². The second kappa shape index (κ2) is 7.28. The lowest BCUT2D eigenvalue weighted by molar-refractivity contribution is -0.137. The molecule has 7 nitrogen and oxygen atoms in total. The van der Waals surface area contributed by atoms with Gasteiger partial charge in [0.25, 0.3) is 0 Å². The Morgan fingerprint density at radius 1 is 1.40 bits per heavy atom. The van der Waals surface area contributed by atoms with Crippen LogP contribution in [0.15, 0.2) is 11.5 Å². The minimum Gasteiger partial charge on any atom is -0.481 e. The van der Waals surface area contributed by atoms with Crippen molar-refractivity contribution in [1.29, 1.82) is 0 Å². The molecule has 1 rings (SSSR count). The highest BCUT2D eigenvalue weighted by Gasteiger charge is 2.22. The molecule has 3 N–H and O–H groups in total. The molecule has 20 heavy (non-hydrogen) atoms. The number of nitrogens with one attached hydrogen (secondary N) is 2. The third kappa shape index (κ3) is 6.55. The van der Waals surface area contributed by atoms with Crippen molar-refractivity contribution in [2.45, 2.75) is 32.2 Å². The van der Waals surface area contributed by atoms with E-state index in [0.29, 0.717) is 19.4 Å². The number of hydrogen-bond acceptors (Lipinski definition) is 4. The number of rotatable bonds is 7. The standard InChI is InChI=1S/C12H20N2O5S/c1-9(2-3-11(15)16)4-6-13-12(17)14-10-5-7-20(18,19)8-10/h5,7,9-10H,2-4,6,8H2,1H3,(H,15,16)(H2,13,14,17). The van der Waals surface area contributed by atoms with E-state index in [1.807, 2.05) is 6.92 Å². The highest BCUT2D eigenvalue weighted by atomic mass is 32.2. The largest absolute Gasteiger partial charge is 0.481 e. The third-order valence-corrected chi connectivity index (χ3v) is 4.42. The Morgan fingerprint density at radius 2 is 2.10 bits per heavy atom. The first-order valence-electron chi connectivity index (χ1n) is 6.45. The van der Waals surface area contributed by atoms with E-state index in [1.54, 1.807) is 0 Å². The van der Waals surface area contributed by atoms with Crippen LogP contribution < -0.4 is 10.6 Å². The molecule has 0 radical (unpaired) electrons. The summed E-state index contributed by atoms with van der Waals surface area (Å²) in [7, 11) is -3.17. The lowest BCUT2D eigenvalue weighted by Gasteiger charge is -2.13. The summed E-state index contributed by atoms with van der Waals surface area (Å²) in [5.41, 5.74) is 0. The molecule has 0 aromatic heterocycles. The third-order valence-electron chi connectivity index (χ3n) is 3.02. The maximum atomic E-state index is 11.5. The van der Waals surface area contributed by atoms with Gasteiger partial charge in [-0.15, -0.1) is 0 Å². The first kappa shape index (κ1) is 16.5. The number of aliphatic carboxylic acids is 1. The Kier molecular flexibility index (Phi) is 6.00. The summed E-state index contributed by atoms with van der Waals surface area (Å²) in [5.74, 6) is -0.718. The second-order valence-corrected chi connectivity index (χ2v) is 6.92. The molecule has 0 aromatic rings. The second-order valence-electron chi connectivity index (χ2n) is 4.99. The van der Waals surface area contributed by atoms with Gasteiger partial charge in [-0.1, -0.05) is 6.92 Å². The van der Waals surface area contributed by atoms with Gasteiger partial charge in [0.2, 0.25) is 0 Å². The number of carboxylic acid groups (broad SMARTS) is 1. The van der Waals surface area contributed by atoms with Crippen LogP contribution in [0, 0.1) is 5.92 Å². The van der Waals surface area contributed by atoms with Crippen LogP contribution in [0.25, 0.3) is 0 Å². The van der Waals surface area contributed by atoms with Gasteiger partial charge < -0.3 is 15.7 Å². The number of carbonyl (C=O) groups excluding carboxylic acids is 1. The van der Waals surface area contributed by atoms with E-state index in [9.17, 15) is 18.0 Å². The predicted molar refractivity (Wildman–Crippen MR) is 73.9 cm³/mol. The minimum atomic E-state index is -3.17. The van der Waals surface area contributed by atoms with Gasteiger partial charge in [-0.2, -0.15) is 0 Å². The molecule has 0 aliphatic carbocycles. The minimum absolute atomic E-state index is 0.102. The molecule has 0 saturated heterocycles. The Labute approximate surface area is 118 Å². The van der Waals surface area contributed by atoms with Crippen molar-refractivity contribution in [3.8, 4) is 0 Å². The Morgan fingerprint density at radius 3 is 2.65 bits per heavy atom. The first-order valence-corrected chi connectivity index (χ1v) is 8.17. The van der Waals surface area contributed by atoms with Crippen LogP contribution in [-0.2, 0) is 14.6 Å². The van der Waals surface area contributed by atoms with Gasteiger partial charge in [-0.25, -0.2) is 13.2 Å². The summed E-state index contributed by atoms with van der Waals surface area (Å²) in [6, 6.07) is -0.897. The molecule has 0 saturated carbocycles. The van der Waals surface area contributed by atoms with Crippen LogP contribution in [0.4, 0.5) is 4.79 Å². The molecular weight excluding hydrogens is 284 g/mol. The summed E-state index contributed by atoms with van der Waals surface area (Å²) < 4.78 is 22.3. The zero-order valence-corrected chi connectivity index (χ0v) is 12.1. The molecule has 1 aliphatic heterocycles. The monoisotopic (exact) mass is 304 g/mol. The highest BCUT2D eigenvalue weighted by Crippen LogP contribution is 2.09. The van der Waals surface area contributed by atoms with E-state index >= 15 is 0 Å². The fraction of sp³-hybridized carbons (Fsp3) is 0.667. The number of carboxylic acids is 1. The van der Waals surface area contributed by atoms with Crippen LogP contribution >= 0.6 is 0 Å². The molecule has 0 spiro atoms. The number of hydrogen-bond donors (Lipinski definition) is 3. The van der Waals surface area contributed by atoms with E-state index in [-0.39, 0.29) is 18.1 Å². The van der Waals surface area contributed by atoms with Crippen LogP contribution in [0.5, 0.6) is 0 Å². The Balaban J connectivity index is 2.15. The topological polar surface area (TPSA) is 113 Å². The smallest absolute Gasteiger partial charge is 0.315 e. The van der Waals surface area contributed by atoms with E-state index < -0.39 is 27.9 Å². The molecule has 0 aromatic carbocycles. The molecule has 114 valence electrons. The summed E-state index contributed by atoms with van der Waals surface area (Å²) in [6.07, 6.45) is 2.82. The fourth-order valence-electron chi connectivity index (χ4n) is 1.83. The average Bonchev–Trinajstić information content (AvgIpc) is 2.66. The molecule has 2 amide bonds. The maximum absolute atomic E-state index is 11.5. The van der Waals surface area contributed by atoms with Crippen LogP contribution in [-0.4, -0.2) is 43.9 Å². The number of carbonyl (C=O) groups is 2. The molecule has 1 aliphatic rings. The number of amides is 2. The van der Waals surface area contributed by atoms with Gasteiger partial charge in [-0.3, -0.25) is 4.79 Å². The normalized spacial score (nSPS) is 21.4. The van der Waals surface area contributed by atoms with Gasteiger partial charge >= 0.3 is 12.0 Å². The summed E-state index contributed by atoms with van der Waals surface area (Å²) in [4.78, 5) is 21.9. The van der Waals surface area contributed by atoms with Gasteiger partial charge in [0.1, 0.15) is 0 Å². The van der Waals surface area contributed by atoms with Gasteiger partial charge in [0.05, 0.1) is 11.8 Å². The number of sulfone groups is 1. The van der Waals surface area contributed by atoms with E-state index in [1.165, 1.54) is 6.08 Å². The van der Waals surface area contributed by atoms with Gasteiger partial charge in [0, 0.05) is 18.4 Å². The summed E-state index contributed by atoms with van der Waals surface area (Å²) in [6.45, 7) is 2.35. The van der Waals surface area contributed by atoms with Crippen molar-refractivity contribution in [3.05, 3.63) is 11.5 Å². The van der Waals surface area contributed by atoms with Crippen molar-refractivity contribution in [2.24, 2.45) is 5.92 Å². The zero-order valence-electron chi connectivity index (χ0n) is 11.3. The number of urea groups is 1. The zero-order chi connectivity index (χ0) is 15.2. The molecule has 8 heteroatoms. The lowest BCUT2D eigenvalue weighted by Crippen LogP contribution is -2.43. The van der Waals surface area contributed by atoms with Crippen molar-refractivity contribution in [2.75, 3.05) is 12.3 Å². The SMILES string of the molecule is CC(CCNC(=O)NC1C=CS(=O)(=O)C1)CCC(=O)O. The Hall–Kier alpha value is -1.57. The Bertz CT molecular complexity index is 486. The predicted octanol–water partition coefficient (Wildman–Crippen LogP) is 0.487.